The van der Waals surface area contributed by atoms with Gasteiger partial charge in [0.15, 0.2) is 11.5 Å². The summed E-state index contributed by atoms with van der Waals surface area (Å²) in [4.78, 5) is 27.6. The lowest BCUT2D eigenvalue weighted by Crippen LogP contribution is -2.35. The topological polar surface area (TPSA) is 75.4 Å². The lowest BCUT2D eigenvalue weighted by molar-refractivity contribution is 0.0983. The van der Waals surface area contributed by atoms with Crippen molar-refractivity contribution in [2.75, 3.05) is 16.8 Å². The van der Waals surface area contributed by atoms with Crippen LogP contribution in [-0.2, 0) is 6.42 Å². The van der Waals surface area contributed by atoms with E-state index < -0.39 is 0 Å². The lowest BCUT2D eigenvalue weighted by atomic mass is 10.00. The number of nitrogens with zero attached hydrogens (tertiary/aromatic N) is 2. The maximum absolute atomic E-state index is 13.1. The molecule has 0 saturated carbocycles. The third kappa shape index (κ3) is 3.90. The number of fused-ring (bicyclic) bond motifs is 1. The first-order valence-electron chi connectivity index (χ1n) is 10.5. The molecule has 1 aliphatic heterocycles. The molecule has 0 spiro atoms. The zero-order chi connectivity index (χ0) is 21.9. The summed E-state index contributed by atoms with van der Waals surface area (Å²) in [5.41, 5.74) is 4.21. The molecule has 5 rings (SSSR count). The molecule has 0 atom stereocenters. The highest BCUT2D eigenvalue weighted by atomic mass is 16.5. The molecular weight excluding hydrogens is 402 g/mol. The Morgan fingerprint density at radius 1 is 0.906 bits per heavy atom. The zero-order valence-corrected chi connectivity index (χ0v) is 17.3. The summed E-state index contributed by atoms with van der Waals surface area (Å²) in [6, 6.07) is 26.0. The molecule has 6 nitrogen and oxygen atoms in total. The zero-order valence-electron chi connectivity index (χ0n) is 17.3. The third-order valence-corrected chi connectivity index (χ3v) is 5.53. The van der Waals surface area contributed by atoms with Crippen molar-refractivity contribution in [3.63, 3.8) is 0 Å². The summed E-state index contributed by atoms with van der Waals surface area (Å²) >= 11 is 0. The van der Waals surface area contributed by atoms with Crippen LogP contribution < -0.4 is 10.2 Å². The van der Waals surface area contributed by atoms with Gasteiger partial charge < -0.3 is 14.7 Å². The van der Waals surface area contributed by atoms with E-state index in [4.69, 9.17) is 4.52 Å². The van der Waals surface area contributed by atoms with Crippen molar-refractivity contribution in [3.05, 3.63) is 102 Å². The lowest BCUT2D eigenvalue weighted by Gasteiger charge is -2.30. The van der Waals surface area contributed by atoms with Gasteiger partial charge >= 0.3 is 0 Å². The predicted octanol–water partition coefficient (Wildman–Crippen LogP) is 5.19. The number of nitrogens with one attached hydrogen (secondary N) is 1. The number of carbonyl (C=O) groups is 2. The van der Waals surface area contributed by atoms with Gasteiger partial charge in [-0.3, -0.25) is 9.59 Å². The Labute approximate surface area is 185 Å². The number of rotatable bonds is 4. The van der Waals surface area contributed by atoms with E-state index in [1.54, 1.807) is 11.0 Å². The van der Waals surface area contributed by atoms with Crippen molar-refractivity contribution in [1.82, 2.24) is 5.16 Å². The van der Waals surface area contributed by atoms with Gasteiger partial charge in [0.05, 0.1) is 0 Å². The molecule has 1 aliphatic rings. The number of benzene rings is 3. The summed E-state index contributed by atoms with van der Waals surface area (Å²) in [7, 11) is 0. The van der Waals surface area contributed by atoms with E-state index in [0.29, 0.717) is 23.6 Å². The minimum absolute atomic E-state index is 0.0426. The van der Waals surface area contributed by atoms with Crippen LogP contribution in [0.25, 0.3) is 11.3 Å². The summed E-state index contributed by atoms with van der Waals surface area (Å²) in [6.07, 6.45) is 1.80. The number of hydrogen-bond donors (Lipinski definition) is 1. The molecule has 0 radical (unpaired) electrons. The minimum Gasteiger partial charge on any atom is -0.355 e. The quantitative estimate of drug-likeness (QED) is 0.490. The molecule has 1 N–H and O–H groups in total. The van der Waals surface area contributed by atoms with Crippen molar-refractivity contribution in [2.24, 2.45) is 0 Å². The van der Waals surface area contributed by atoms with Crippen molar-refractivity contribution < 1.29 is 14.1 Å². The molecule has 2 amide bonds. The van der Waals surface area contributed by atoms with Crippen LogP contribution >= 0.6 is 0 Å². The first-order valence-corrected chi connectivity index (χ1v) is 10.5. The van der Waals surface area contributed by atoms with Crippen LogP contribution in [0.4, 0.5) is 11.4 Å². The third-order valence-electron chi connectivity index (χ3n) is 5.53. The average Bonchev–Trinajstić information content (AvgIpc) is 3.35. The Balaban J connectivity index is 1.37. The molecule has 2 heterocycles. The van der Waals surface area contributed by atoms with E-state index in [9.17, 15) is 9.59 Å². The van der Waals surface area contributed by atoms with Crippen molar-refractivity contribution in [1.29, 1.82) is 0 Å². The Bertz CT molecular complexity index is 1270. The van der Waals surface area contributed by atoms with Crippen LogP contribution in [0, 0.1) is 0 Å². The fourth-order valence-corrected chi connectivity index (χ4v) is 3.92. The molecule has 1 aromatic heterocycles. The first-order chi connectivity index (χ1) is 15.7. The monoisotopic (exact) mass is 423 g/mol. The van der Waals surface area contributed by atoms with Crippen LogP contribution in [0.3, 0.4) is 0 Å². The largest absolute Gasteiger partial charge is 0.355 e. The molecule has 4 aromatic rings. The van der Waals surface area contributed by atoms with Gasteiger partial charge in [0.2, 0.25) is 0 Å². The highest BCUT2D eigenvalue weighted by Crippen LogP contribution is 2.31. The summed E-state index contributed by atoms with van der Waals surface area (Å²) in [5.74, 6) is 0.118. The van der Waals surface area contributed by atoms with Gasteiger partial charge in [0, 0.05) is 35.1 Å². The van der Waals surface area contributed by atoms with E-state index in [-0.39, 0.29) is 17.5 Å². The second kappa shape index (κ2) is 8.51. The molecule has 0 fully saturated rings. The highest BCUT2D eigenvalue weighted by Gasteiger charge is 2.24. The molecule has 158 valence electrons. The second-order valence-corrected chi connectivity index (χ2v) is 7.67. The van der Waals surface area contributed by atoms with Gasteiger partial charge in [0.25, 0.3) is 11.8 Å². The maximum atomic E-state index is 13.1. The number of amides is 2. The van der Waals surface area contributed by atoms with Gasteiger partial charge in [-0.2, -0.15) is 0 Å². The maximum Gasteiger partial charge on any atom is 0.277 e. The predicted molar refractivity (Wildman–Crippen MR) is 123 cm³/mol. The van der Waals surface area contributed by atoms with Crippen LogP contribution in [0.5, 0.6) is 0 Å². The average molecular weight is 423 g/mol. The van der Waals surface area contributed by atoms with Crippen molar-refractivity contribution in [2.45, 2.75) is 12.8 Å². The van der Waals surface area contributed by atoms with Crippen LogP contribution in [0.2, 0.25) is 0 Å². The second-order valence-electron chi connectivity index (χ2n) is 7.67. The Morgan fingerprint density at radius 3 is 2.44 bits per heavy atom. The Morgan fingerprint density at radius 2 is 1.66 bits per heavy atom. The SMILES string of the molecule is O=C(Nc1ccc2c(c1)N(C(=O)c1ccccc1)CCC2)c1cc(-c2ccccc2)on1. The summed E-state index contributed by atoms with van der Waals surface area (Å²) in [5, 5.41) is 6.78. The fourth-order valence-electron chi connectivity index (χ4n) is 3.92. The fraction of sp³-hybridized carbons (Fsp3) is 0.115. The standard InChI is InChI=1S/C26H21N3O3/c30-25(22-17-24(32-28-22)19-8-3-1-4-9-19)27-21-14-13-18-12-7-15-29(23(18)16-21)26(31)20-10-5-2-6-11-20/h1-6,8-11,13-14,16-17H,7,12,15H2,(H,27,30). The molecule has 0 aliphatic carbocycles. The highest BCUT2D eigenvalue weighted by molar-refractivity contribution is 6.08. The van der Waals surface area contributed by atoms with Crippen molar-refractivity contribution in [3.8, 4) is 11.3 Å². The minimum atomic E-state index is -0.368. The van der Waals surface area contributed by atoms with Crippen LogP contribution in [0.15, 0.2) is 89.5 Å². The van der Waals surface area contributed by atoms with Gasteiger partial charge in [-0.05, 0) is 42.7 Å². The number of carbonyl (C=O) groups excluding carboxylic acids is 2. The van der Waals surface area contributed by atoms with Gasteiger partial charge in [-0.25, -0.2) is 0 Å². The number of aromatic nitrogens is 1. The molecule has 3 aromatic carbocycles. The molecule has 6 heteroatoms. The normalized spacial score (nSPS) is 12.8. The van der Waals surface area contributed by atoms with E-state index in [1.165, 1.54) is 0 Å². The van der Waals surface area contributed by atoms with E-state index in [1.807, 2.05) is 78.9 Å². The Kier molecular flexibility index (Phi) is 5.25. The summed E-state index contributed by atoms with van der Waals surface area (Å²) < 4.78 is 5.33. The molecular formula is C26H21N3O3. The molecule has 32 heavy (non-hydrogen) atoms. The molecule has 0 saturated heterocycles. The number of aryl methyl sites for hydroxylation is 1. The van der Waals surface area contributed by atoms with Crippen LogP contribution in [-0.4, -0.2) is 23.5 Å². The number of hydrogen-bond acceptors (Lipinski definition) is 4. The molecule has 0 bridgehead atoms. The smallest absolute Gasteiger partial charge is 0.277 e. The van der Waals surface area contributed by atoms with Gasteiger partial charge in [-0.15, -0.1) is 0 Å². The first kappa shape index (κ1) is 19.8. The van der Waals surface area contributed by atoms with Gasteiger partial charge in [0.1, 0.15) is 0 Å². The Hall–Kier alpha value is -4.19. The van der Waals surface area contributed by atoms with E-state index in [0.717, 1.165) is 29.7 Å². The van der Waals surface area contributed by atoms with Gasteiger partial charge in [-0.1, -0.05) is 59.8 Å². The number of anilines is 2. The summed E-state index contributed by atoms with van der Waals surface area (Å²) in [6.45, 7) is 0.641. The molecule has 0 unspecified atom stereocenters. The van der Waals surface area contributed by atoms with E-state index in [2.05, 4.69) is 10.5 Å². The van der Waals surface area contributed by atoms with Crippen molar-refractivity contribution >= 4 is 23.2 Å². The van der Waals surface area contributed by atoms with Crippen LogP contribution in [0.1, 0.15) is 32.8 Å². The van der Waals surface area contributed by atoms with E-state index >= 15 is 0 Å².